The van der Waals surface area contributed by atoms with Crippen LogP contribution in [0.4, 0.5) is 14.9 Å². The number of nitrogens with one attached hydrogen (secondary N) is 1. The van der Waals surface area contributed by atoms with Crippen LogP contribution in [0.25, 0.3) is 16.8 Å². The second-order valence-corrected chi connectivity index (χ2v) is 9.42. The Bertz CT molecular complexity index is 1600. The minimum absolute atomic E-state index is 0.150. The van der Waals surface area contributed by atoms with Crippen molar-refractivity contribution in [3.8, 4) is 5.75 Å². The van der Waals surface area contributed by atoms with E-state index in [0.717, 1.165) is 25.7 Å². The fourth-order valence-corrected chi connectivity index (χ4v) is 4.66. The number of carbonyl (C=O) groups excluding carboxylic acids is 3. The van der Waals surface area contributed by atoms with Crippen molar-refractivity contribution in [1.82, 2.24) is 5.32 Å². The van der Waals surface area contributed by atoms with Crippen LogP contribution in [0.2, 0.25) is 0 Å². The van der Waals surface area contributed by atoms with Gasteiger partial charge in [0.25, 0.3) is 11.8 Å². The highest BCUT2D eigenvalue weighted by Crippen LogP contribution is 2.33. The van der Waals surface area contributed by atoms with Crippen molar-refractivity contribution in [1.29, 1.82) is 0 Å². The molecule has 1 saturated heterocycles. The summed E-state index contributed by atoms with van der Waals surface area (Å²) in [5.74, 6) is -1.45. The molecule has 1 aliphatic rings. The maximum Gasteiger partial charge on any atom is 0.335 e. The summed E-state index contributed by atoms with van der Waals surface area (Å²) in [6.45, 7) is 1.92. The number of carbonyl (C=O) groups is 3. The summed E-state index contributed by atoms with van der Waals surface area (Å²) in [6, 6.07) is 21.4. The number of anilines is 1. The molecule has 0 spiro atoms. The lowest BCUT2D eigenvalue weighted by Crippen LogP contribution is -2.54. The lowest BCUT2D eigenvalue weighted by molar-refractivity contribution is -0.122. The molecule has 0 aromatic heterocycles. The number of ether oxygens (including phenoxy) is 1. The Morgan fingerprint density at radius 2 is 1.73 bits per heavy atom. The minimum atomic E-state index is -0.816. The fraction of sp³-hybridized carbons (Fsp3) is 0.0690. The monoisotopic (exact) mass is 558 g/mol. The van der Waals surface area contributed by atoms with Gasteiger partial charge in [0, 0.05) is 10.0 Å². The molecule has 0 bridgehead atoms. The summed E-state index contributed by atoms with van der Waals surface area (Å²) in [5.41, 5.74) is 2.11. The fourth-order valence-electron chi connectivity index (χ4n) is 4.18. The van der Waals surface area contributed by atoms with Crippen LogP contribution in [0.3, 0.4) is 0 Å². The average Bonchev–Trinajstić information content (AvgIpc) is 2.87. The van der Waals surface area contributed by atoms with Crippen molar-refractivity contribution in [3.05, 3.63) is 111 Å². The van der Waals surface area contributed by atoms with E-state index < -0.39 is 17.8 Å². The molecule has 0 saturated carbocycles. The van der Waals surface area contributed by atoms with Gasteiger partial charge in [-0.2, -0.15) is 0 Å². The van der Waals surface area contributed by atoms with Crippen LogP contribution in [-0.2, 0) is 16.2 Å². The number of barbiturate groups is 1. The van der Waals surface area contributed by atoms with Gasteiger partial charge in [-0.1, -0.05) is 58.4 Å². The van der Waals surface area contributed by atoms with Gasteiger partial charge in [-0.25, -0.2) is 14.1 Å². The Morgan fingerprint density at radius 1 is 0.973 bits per heavy atom. The summed E-state index contributed by atoms with van der Waals surface area (Å²) in [5, 5.41) is 3.91. The summed E-state index contributed by atoms with van der Waals surface area (Å²) in [6.07, 6.45) is 1.45. The second-order valence-electron chi connectivity index (χ2n) is 8.50. The minimum Gasteiger partial charge on any atom is -0.488 e. The SMILES string of the molecule is Cc1cc(Br)ccc1N1C(=O)NC(=O)/C(=C/c2c(OCc3ccc(F)cc3)ccc3ccccc23)C1=O. The molecule has 0 radical (unpaired) electrons. The highest BCUT2D eigenvalue weighted by atomic mass is 79.9. The Hall–Kier alpha value is -4.30. The summed E-state index contributed by atoms with van der Waals surface area (Å²) in [4.78, 5) is 40.1. The van der Waals surface area contributed by atoms with Crippen molar-refractivity contribution in [2.45, 2.75) is 13.5 Å². The number of hydrogen-bond donors (Lipinski definition) is 1. The summed E-state index contributed by atoms with van der Waals surface area (Å²) >= 11 is 3.38. The van der Waals surface area contributed by atoms with Crippen molar-refractivity contribution in [3.63, 3.8) is 0 Å². The van der Waals surface area contributed by atoms with E-state index in [1.807, 2.05) is 30.3 Å². The van der Waals surface area contributed by atoms with Gasteiger partial charge >= 0.3 is 6.03 Å². The Labute approximate surface area is 220 Å². The molecule has 1 fully saturated rings. The Balaban J connectivity index is 1.58. The van der Waals surface area contributed by atoms with E-state index in [4.69, 9.17) is 4.74 Å². The highest BCUT2D eigenvalue weighted by molar-refractivity contribution is 9.10. The number of benzene rings is 4. The zero-order valence-corrected chi connectivity index (χ0v) is 21.2. The van der Waals surface area contributed by atoms with Crippen LogP contribution in [0.5, 0.6) is 5.75 Å². The molecule has 0 aliphatic carbocycles. The molecule has 5 rings (SSSR count). The van der Waals surface area contributed by atoms with Gasteiger partial charge in [0.2, 0.25) is 0 Å². The van der Waals surface area contributed by atoms with Crippen molar-refractivity contribution < 1.29 is 23.5 Å². The van der Waals surface area contributed by atoms with Crippen LogP contribution in [0, 0.1) is 12.7 Å². The molecule has 1 N–H and O–H groups in total. The molecular formula is C29H20BrFN2O4. The first-order valence-corrected chi connectivity index (χ1v) is 12.2. The number of hydrogen-bond acceptors (Lipinski definition) is 4. The van der Waals surface area contributed by atoms with E-state index in [-0.39, 0.29) is 18.0 Å². The maximum absolute atomic E-state index is 13.5. The van der Waals surface area contributed by atoms with Crippen LogP contribution in [0.15, 0.2) is 88.9 Å². The molecule has 184 valence electrons. The number of fused-ring (bicyclic) bond motifs is 1. The number of aryl methyl sites for hydroxylation is 1. The number of nitrogens with zero attached hydrogens (tertiary/aromatic N) is 1. The topological polar surface area (TPSA) is 75.7 Å². The summed E-state index contributed by atoms with van der Waals surface area (Å²) < 4.78 is 20.1. The number of rotatable bonds is 5. The molecule has 8 heteroatoms. The standard InChI is InChI=1S/C29H20BrFN2O4/c1-17-14-20(30)9-12-25(17)33-28(35)24(27(34)32-29(33)36)15-23-22-5-3-2-4-19(22)8-13-26(23)37-16-18-6-10-21(31)11-7-18/h2-15H,16H2,1H3,(H,32,34,36)/b24-15-. The zero-order chi connectivity index (χ0) is 26.1. The molecule has 0 atom stereocenters. The van der Waals surface area contributed by atoms with Gasteiger partial charge < -0.3 is 4.74 Å². The van der Waals surface area contributed by atoms with Crippen LogP contribution < -0.4 is 15.0 Å². The normalized spacial score (nSPS) is 14.8. The highest BCUT2D eigenvalue weighted by Gasteiger charge is 2.37. The molecule has 37 heavy (non-hydrogen) atoms. The van der Waals surface area contributed by atoms with E-state index in [2.05, 4.69) is 21.2 Å². The van der Waals surface area contributed by atoms with E-state index in [0.29, 0.717) is 22.6 Å². The van der Waals surface area contributed by atoms with Crippen molar-refractivity contribution >= 4 is 56.3 Å². The van der Waals surface area contributed by atoms with Gasteiger partial charge in [-0.15, -0.1) is 0 Å². The predicted octanol–water partition coefficient (Wildman–Crippen LogP) is 6.30. The quantitative estimate of drug-likeness (QED) is 0.230. The Kier molecular flexibility index (Phi) is 6.58. The van der Waals surface area contributed by atoms with Crippen LogP contribution >= 0.6 is 15.9 Å². The molecule has 4 aromatic rings. The first-order valence-electron chi connectivity index (χ1n) is 11.4. The number of amides is 4. The molecule has 4 aromatic carbocycles. The second kappa shape index (κ2) is 9.99. The molecule has 1 aliphatic heterocycles. The van der Waals surface area contributed by atoms with Crippen molar-refractivity contribution in [2.24, 2.45) is 0 Å². The first-order chi connectivity index (χ1) is 17.8. The van der Waals surface area contributed by atoms with Crippen LogP contribution in [-0.4, -0.2) is 17.8 Å². The van der Waals surface area contributed by atoms with Gasteiger partial charge in [0.05, 0.1) is 5.69 Å². The van der Waals surface area contributed by atoms with Crippen molar-refractivity contribution in [2.75, 3.05) is 4.90 Å². The first kappa shape index (κ1) is 24.4. The molecule has 1 heterocycles. The van der Waals surface area contributed by atoms with Gasteiger partial charge in [0.15, 0.2) is 0 Å². The van der Waals surface area contributed by atoms with Gasteiger partial charge in [-0.05, 0) is 71.3 Å². The molecular weight excluding hydrogens is 539 g/mol. The lowest BCUT2D eigenvalue weighted by Gasteiger charge is -2.27. The third-order valence-corrected chi connectivity index (χ3v) is 6.52. The molecule has 6 nitrogen and oxygen atoms in total. The Morgan fingerprint density at radius 3 is 2.49 bits per heavy atom. The molecule has 4 amide bonds. The van der Waals surface area contributed by atoms with Gasteiger partial charge in [0.1, 0.15) is 23.7 Å². The van der Waals surface area contributed by atoms with E-state index >= 15 is 0 Å². The largest absolute Gasteiger partial charge is 0.488 e. The third kappa shape index (κ3) is 4.88. The van der Waals surface area contributed by atoms with E-state index in [1.165, 1.54) is 18.2 Å². The molecule has 0 unspecified atom stereocenters. The predicted molar refractivity (Wildman–Crippen MR) is 143 cm³/mol. The number of halogens is 2. The van der Waals surface area contributed by atoms with Gasteiger partial charge in [-0.3, -0.25) is 14.9 Å². The smallest absolute Gasteiger partial charge is 0.335 e. The number of urea groups is 1. The van der Waals surface area contributed by atoms with E-state index in [1.54, 1.807) is 43.3 Å². The van der Waals surface area contributed by atoms with E-state index in [9.17, 15) is 18.8 Å². The average molecular weight is 559 g/mol. The lowest BCUT2D eigenvalue weighted by atomic mass is 9.99. The third-order valence-electron chi connectivity index (χ3n) is 6.03. The number of imide groups is 2. The summed E-state index contributed by atoms with van der Waals surface area (Å²) in [7, 11) is 0. The zero-order valence-electron chi connectivity index (χ0n) is 19.6. The van der Waals surface area contributed by atoms with Crippen LogP contribution in [0.1, 0.15) is 16.7 Å². The maximum atomic E-state index is 13.5.